The van der Waals surface area contributed by atoms with Crippen LogP contribution in [0.2, 0.25) is 0 Å². The van der Waals surface area contributed by atoms with Crippen molar-refractivity contribution in [2.45, 2.75) is 6.92 Å². The van der Waals surface area contributed by atoms with Gasteiger partial charge in [-0.3, -0.25) is 9.79 Å². The van der Waals surface area contributed by atoms with Gasteiger partial charge in [-0.15, -0.1) is 12.4 Å². The van der Waals surface area contributed by atoms with Crippen molar-refractivity contribution in [3.63, 3.8) is 0 Å². The molecule has 21 heavy (non-hydrogen) atoms. The minimum absolute atomic E-state index is 0. The number of carbonyl (C=O) groups is 1. The number of rotatable bonds is 3. The molecule has 0 unspecified atom stereocenters. The maximum absolute atomic E-state index is 12.7. The zero-order valence-corrected chi connectivity index (χ0v) is 12.6. The van der Waals surface area contributed by atoms with E-state index in [1.165, 1.54) is 0 Å². The highest BCUT2D eigenvalue weighted by atomic mass is 35.5. The van der Waals surface area contributed by atoms with Gasteiger partial charge in [0.05, 0.1) is 6.54 Å². The summed E-state index contributed by atoms with van der Waals surface area (Å²) in [5, 5.41) is 3.23. The first-order valence-electron chi connectivity index (χ1n) is 6.75. The monoisotopic (exact) mass is 300 g/mol. The molecule has 1 aliphatic heterocycles. The van der Waals surface area contributed by atoms with Crippen LogP contribution in [0, 0.1) is 6.92 Å². The number of nitrogens with one attached hydrogen (secondary N) is 1. The Kier molecular flexibility index (Phi) is 4.76. The Morgan fingerprint density at radius 1 is 1.10 bits per heavy atom. The van der Waals surface area contributed by atoms with Crippen molar-refractivity contribution in [3.8, 4) is 0 Å². The molecule has 1 aliphatic rings. The second-order valence-electron chi connectivity index (χ2n) is 4.90. The number of nitrogens with zero attached hydrogens (tertiary/aromatic N) is 1. The molecule has 1 heterocycles. The summed E-state index contributed by atoms with van der Waals surface area (Å²) in [6.45, 7) is 3.62. The molecule has 0 fully saturated rings. The standard InChI is InChI=1S/C17H16N2O.ClH/c1-12-6-8-13(9-7-12)16(20)14-4-2-3-5-15(14)17-18-10-11-19-17;/h2-9H,10-11H2,1H3,(H,18,19);1H. The number of ketones is 1. The summed E-state index contributed by atoms with van der Waals surface area (Å²) in [4.78, 5) is 17.1. The lowest BCUT2D eigenvalue weighted by atomic mass is 9.97. The normalized spacial score (nSPS) is 13.1. The van der Waals surface area contributed by atoms with E-state index in [9.17, 15) is 4.79 Å². The summed E-state index contributed by atoms with van der Waals surface area (Å²) in [7, 11) is 0. The molecule has 3 nitrogen and oxygen atoms in total. The van der Waals surface area contributed by atoms with Gasteiger partial charge in [-0.05, 0) is 6.92 Å². The molecule has 0 saturated heterocycles. The SMILES string of the molecule is Cc1ccc(C(=O)c2ccccc2C2=NCCN2)cc1.Cl. The van der Waals surface area contributed by atoms with Crippen molar-refractivity contribution in [2.75, 3.05) is 13.1 Å². The van der Waals surface area contributed by atoms with Crippen molar-refractivity contribution < 1.29 is 4.79 Å². The van der Waals surface area contributed by atoms with Gasteiger partial charge in [0.25, 0.3) is 0 Å². The number of carbonyl (C=O) groups excluding carboxylic acids is 1. The fourth-order valence-corrected chi connectivity index (χ4v) is 2.33. The van der Waals surface area contributed by atoms with Crippen molar-refractivity contribution in [2.24, 2.45) is 4.99 Å². The van der Waals surface area contributed by atoms with Crippen LogP contribution in [0.4, 0.5) is 0 Å². The van der Waals surface area contributed by atoms with Crippen LogP contribution in [0.15, 0.2) is 53.5 Å². The van der Waals surface area contributed by atoms with E-state index < -0.39 is 0 Å². The predicted octanol–water partition coefficient (Wildman–Crippen LogP) is 3.00. The largest absolute Gasteiger partial charge is 0.368 e. The van der Waals surface area contributed by atoms with Crippen molar-refractivity contribution in [1.82, 2.24) is 5.32 Å². The van der Waals surface area contributed by atoms with E-state index in [1.54, 1.807) is 0 Å². The molecule has 108 valence electrons. The fraction of sp³-hybridized carbons (Fsp3) is 0.176. The van der Waals surface area contributed by atoms with Crippen LogP contribution in [-0.2, 0) is 0 Å². The third-order valence-electron chi connectivity index (χ3n) is 3.41. The molecule has 2 aromatic rings. The van der Waals surface area contributed by atoms with Crippen LogP contribution in [0.5, 0.6) is 0 Å². The summed E-state index contributed by atoms with van der Waals surface area (Å²) < 4.78 is 0. The van der Waals surface area contributed by atoms with Gasteiger partial charge in [-0.25, -0.2) is 0 Å². The number of amidine groups is 1. The quantitative estimate of drug-likeness (QED) is 0.885. The van der Waals surface area contributed by atoms with Gasteiger partial charge in [0.2, 0.25) is 0 Å². The lowest BCUT2D eigenvalue weighted by Gasteiger charge is -2.09. The molecule has 3 rings (SSSR count). The third-order valence-corrected chi connectivity index (χ3v) is 3.41. The highest BCUT2D eigenvalue weighted by Crippen LogP contribution is 2.16. The number of aryl methyl sites for hydroxylation is 1. The Hall–Kier alpha value is -2.13. The van der Waals surface area contributed by atoms with E-state index in [4.69, 9.17) is 0 Å². The first-order valence-corrected chi connectivity index (χ1v) is 6.75. The molecule has 0 aromatic heterocycles. The number of hydrogen-bond acceptors (Lipinski definition) is 3. The molecule has 1 N–H and O–H groups in total. The molecule has 0 spiro atoms. The molecule has 0 atom stereocenters. The van der Waals surface area contributed by atoms with Gasteiger partial charge in [0.1, 0.15) is 5.84 Å². The summed E-state index contributed by atoms with van der Waals surface area (Å²) in [5.74, 6) is 0.859. The molecule has 0 bridgehead atoms. The molecule has 2 aromatic carbocycles. The second kappa shape index (κ2) is 6.55. The van der Waals surface area contributed by atoms with Crippen LogP contribution >= 0.6 is 12.4 Å². The first-order chi connectivity index (χ1) is 9.75. The van der Waals surface area contributed by atoms with Crippen LogP contribution in [0.25, 0.3) is 0 Å². The third kappa shape index (κ3) is 3.14. The smallest absolute Gasteiger partial charge is 0.193 e. The number of benzene rings is 2. The summed E-state index contributed by atoms with van der Waals surface area (Å²) in [5.41, 5.74) is 3.44. The van der Waals surface area contributed by atoms with Crippen LogP contribution in [-0.4, -0.2) is 24.7 Å². The van der Waals surface area contributed by atoms with E-state index in [-0.39, 0.29) is 18.2 Å². The lowest BCUT2D eigenvalue weighted by Crippen LogP contribution is -2.22. The van der Waals surface area contributed by atoms with Crippen LogP contribution in [0.1, 0.15) is 27.0 Å². The highest BCUT2D eigenvalue weighted by Gasteiger charge is 2.17. The van der Waals surface area contributed by atoms with Crippen molar-refractivity contribution in [1.29, 1.82) is 0 Å². The summed E-state index contributed by atoms with van der Waals surface area (Å²) >= 11 is 0. The highest BCUT2D eigenvalue weighted by molar-refractivity contribution is 6.16. The van der Waals surface area contributed by atoms with E-state index >= 15 is 0 Å². The minimum atomic E-state index is 0. The average Bonchev–Trinajstić information content (AvgIpc) is 3.01. The van der Waals surface area contributed by atoms with Gasteiger partial charge in [0, 0.05) is 23.2 Å². The first kappa shape index (κ1) is 15.3. The number of hydrogen-bond donors (Lipinski definition) is 1. The van der Waals surface area contributed by atoms with E-state index in [2.05, 4.69) is 10.3 Å². The van der Waals surface area contributed by atoms with Gasteiger partial charge in [-0.1, -0.05) is 54.1 Å². The maximum Gasteiger partial charge on any atom is 0.193 e. The van der Waals surface area contributed by atoms with E-state index in [0.717, 1.165) is 30.1 Å². The average molecular weight is 301 g/mol. The van der Waals surface area contributed by atoms with Gasteiger partial charge in [-0.2, -0.15) is 0 Å². The zero-order valence-electron chi connectivity index (χ0n) is 11.8. The van der Waals surface area contributed by atoms with Crippen LogP contribution < -0.4 is 5.32 Å². The molecular weight excluding hydrogens is 284 g/mol. The van der Waals surface area contributed by atoms with Gasteiger partial charge >= 0.3 is 0 Å². The fourth-order valence-electron chi connectivity index (χ4n) is 2.33. The summed E-state index contributed by atoms with van der Waals surface area (Å²) in [6.07, 6.45) is 0. The maximum atomic E-state index is 12.7. The predicted molar refractivity (Wildman–Crippen MR) is 87.7 cm³/mol. The van der Waals surface area contributed by atoms with E-state index in [1.807, 2.05) is 55.5 Å². The molecule has 0 radical (unpaired) electrons. The lowest BCUT2D eigenvalue weighted by molar-refractivity contribution is 0.103. The van der Waals surface area contributed by atoms with Crippen molar-refractivity contribution >= 4 is 24.0 Å². The Balaban J connectivity index is 0.00000161. The van der Waals surface area contributed by atoms with E-state index in [0.29, 0.717) is 11.1 Å². The number of aliphatic imine (C=N–C) groups is 1. The topological polar surface area (TPSA) is 41.5 Å². The molecule has 0 saturated carbocycles. The van der Waals surface area contributed by atoms with Crippen molar-refractivity contribution in [3.05, 3.63) is 70.8 Å². The Labute approximate surface area is 130 Å². The molecule has 4 heteroatoms. The molecule has 0 aliphatic carbocycles. The second-order valence-corrected chi connectivity index (χ2v) is 4.90. The Morgan fingerprint density at radius 2 is 1.81 bits per heavy atom. The molecular formula is C17H17ClN2O. The van der Waals surface area contributed by atoms with Gasteiger partial charge in [0.15, 0.2) is 5.78 Å². The zero-order chi connectivity index (χ0) is 13.9. The minimum Gasteiger partial charge on any atom is -0.368 e. The summed E-state index contributed by atoms with van der Waals surface area (Å²) in [6, 6.07) is 15.3. The van der Waals surface area contributed by atoms with Crippen LogP contribution in [0.3, 0.4) is 0 Å². The van der Waals surface area contributed by atoms with Gasteiger partial charge < -0.3 is 5.32 Å². The Bertz CT molecular complexity index is 677. The molecule has 0 amide bonds. The number of halogens is 1. The Morgan fingerprint density at radius 3 is 2.48 bits per heavy atom.